The Balaban J connectivity index is 0.00000162. The highest BCUT2D eigenvalue weighted by Gasteiger charge is 2.10. The lowest BCUT2D eigenvalue weighted by Gasteiger charge is -2.20. The van der Waals surface area contributed by atoms with Crippen LogP contribution in [0.3, 0.4) is 0 Å². The van der Waals surface area contributed by atoms with Crippen molar-refractivity contribution in [2.75, 3.05) is 0 Å². The van der Waals surface area contributed by atoms with Gasteiger partial charge in [0.1, 0.15) is 0 Å². The number of nitrogens with one attached hydrogen (secondary N) is 1. The van der Waals surface area contributed by atoms with Crippen molar-refractivity contribution in [3.8, 4) is 0 Å². The van der Waals surface area contributed by atoms with E-state index >= 15 is 0 Å². The molecule has 2 rings (SSSR count). The molecule has 0 aliphatic rings. The number of benzene rings is 2. The van der Waals surface area contributed by atoms with E-state index in [9.17, 15) is 0 Å². The van der Waals surface area contributed by atoms with Gasteiger partial charge in [-0.1, -0.05) is 49.4 Å². The van der Waals surface area contributed by atoms with Crippen LogP contribution < -0.4 is 5.32 Å². The summed E-state index contributed by atoms with van der Waals surface area (Å²) in [5.74, 6) is 0. The molecule has 0 spiro atoms. The first-order valence-electron chi connectivity index (χ1n) is 6.46. The van der Waals surface area contributed by atoms with Crippen LogP contribution in [0.25, 0.3) is 10.8 Å². The maximum Gasteiger partial charge on any atom is 0.0300 e. The first-order chi connectivity index (χ1) is 8.22. The molecule has 1 nitrogen and oxygen atoms in total. The summed E-state index contributed by atoms with van der Waals surface area (Å²) in [5.41, 5.74) is 1.39. The summed E-state index contributed by atoms with van der Waals surface area (Å²) in [7, 11) is 0. The van der Waals surface area contributed by atoms with E-state index in [1.807, 2.05) is 0 Å². The van der Waals surface area contributed by atoms with Gasteiger partial charge in [0, 0.05) is 12.1 Å². The van der Waals surface area contributed by atoms with Gasteiger partial charge in [-0.25, -0.2) is 0 Å². The minimum Gasteiger partial charge on any atom is -0.308 e. The highest BCUT2D eigenvalue weighted by Crippen LogP contribution is 2.24. The summed E-state index contributed by atoms with van der Waals surface area (Å²) in [5, 5.41) is 6.32. The maximum absolute atomic E-state index is 3.64. The molecule has 0 heterocycles. The highest BCUT2D eigenvalue weighted by molar-refractivity contribution is 5.86. The zero-order chi connectivity index (χ0) is 12.3. The van der Waals surface area contributed by atoms with Gasteiger partial charge < -0.3 is 5.32 Å². The Morgan fingerprint density at radius 1 is 1.00 bits per heavy atom. The van der Waals surface area contributed by atoms with Crippen LogP contribution in [0, 0.1) is 0 Å². The molecule has 0 saturated heterocycles. The minimum atomic E-state index is 0. The molecule has 0 fully saturated rings. The van der Waals surface area contributed by atoms with Crippen molar-refractivity contribution < 1.29 is 0 Å². The Morgan fingerprint density at radius 2 is 1.67 bits per heavy atom. The predicted octanol–water partition coefficient (Wildman–Crippen LogP) is 4.71. The topological polar surface area (TPSA) is 12.0 Å². The molecule has 18 heavy (non-hydrogen) atoms. The molecule has 2 aromatic carbocycles. The maximum atomic E-state index is 3.64. The average molecular weight is 264 g/mol. The lowest BCUT2D eigenvalue weighted by atomic mass is 9.99. The Morgan fingerprint density at radius 3 is 2.39 bits per heavy atom. The lowest BCUT2D eigenvalue weighted by molar-refractivity contribution is 0.471. The van der Waals surface area contributed by atoms with Gasteiger partial charge in [-0.2, -0.15) is 0 Å². The fraction of sp³-hybridized carbons (Fsp3) is 0.375. The fourth-order valence-electron chi connectivity index (χ4n) is 2.26. The van der Waals surface area contributed by atoms with E-state index in [0.717, 1.165) is 6.42 Å². The van der Waals surface area contributed by atoms with Crippen LogP contribution in [0.1, 0.15) is 38.8 Å². The Kier molecular flexibility index (Phi) is 5.64. The Bertz CT molecular complexity index is 490. The molecule has 2 aromatic rings. The van der Waals surface area contributed by atoms with Gasteiger partial charge >= 0.3 is 0 Å². The molecular formula is C16H22ClN. The van der Waals surface area contributed by atoms with Gasteiger partial charge in [0.05, 0.1) is 0 Å². The number of rotatable bonds is 4. The van der Waals surface area contributed by atoms with Gasteiger partial charge in [-0.15, -0.1) is 12.4 Å². The third-order valence-electron chi connectivity index (χ3n) is 3.44. The summed E-state index contributed by atoms with van der Waals surface area (Å²) in [4.78, 5) is 0. The summed E-state index contributed by atoms with van der Waals surface area (Å²) in [6, 6.07) is 16.1. The molecule has 98 valence electrons. The third kappa shape index (κ3) is 3.24. The summed E-state index contributed by atoms with van der Waals surface area (Å²) < 4.78 is 0. The second-order valence-electron chi connectivity index (χ2n) is 4.77. The molecular weight excluding hydrogens is 242 g/mol. The van der Waals surface area contributed by atoms with Gasteiger partial charge in [-0.05, 0) is 36.6 Å². The number of hydrogen-bond acceptors (Lipinski definition) is 1. The molecule has 0 amide bonds. The number of fused-ring (bicyclic) bond motifs is 1. The zero-order valence-corrected chi connectivity index (χ0v) is 12.1. The van der Waals surface area contributed by atoms with Crippen LogP contribution in [0.2, 0.25) is 0 Å². The van der Waals surface area contributed by atoms with Crippen molar-refractivity contribution in [3.05, 3.63) is 48.0 Å². The van der Waals surface area contributed by atoms with Crippen LogP contribution in [0.15, 0.2) is 42.5 Å². The molecule has 1 unspecified atom stereocenters. The van der Waals surface area contributed by atoms with Crippen molar-refractivity contribution in [2.24, 2.45) is 0 Å². The fourth-order valence-corrected chi connectivity index (χ4v) is 2.26. The molecule has 2 atom stereocenters. The van der Waals surface area contributed by atoms with Crippen molar-refractivity contribution in [2.45, 2.75) is 39.3 Å². The van der Waals surface area contributed by atoms with E-state index in [2.05, 4.69) is 68.6 Å². The average Bonchev–Trinajstić information content (AvgIpc) is 2.37. The van der Waals surface area contributed by atoms with Crippen molar-refractivity contribution in [1.29, 1.82) is 0 Å². The zero-order valence-electron chi connectivity index (χ0n) is 11.3. The van der Waals surface area contributed by atoms with Crippen LogP contribution in [-0.4, -0.2) is 6.04 Å². The van der Waals surface area contributed by atoms with E-state index in [0.29, 0.717) is 12.1 Å². The van der Waals surface area contributed by atoms with E-state index < -0.39 is 0 Å². The molecule has 0 bridgehead atoms. The summed E-state index contributed by atoms with van der Waals surface area (Å²) >= 11 is 0. The smallest absolute Gasteiger partial charge is 0.0300 e. The van der Waals surface area contributed by atoms with Crippen LogP contribution >= 0.6 is 12.4 Å². The van der Waals surface area contributed by atoms with Crippen molar-refractivity contribution in [3.63, 3.8) is 0 Å². The molecule has 0 aromatic heterocycles. The first kappa shape index (κ1) is 15.0. The monoisotopic (exact) mass is 263 g/mol. The van der Waals surface area contributed by atoms with Crippen LogP contribution in [0.5, 0.6) is 0 Å². The normalized spacial score (nSPS) is 13.9. The van der Waals surface area contributed by atoms with E-state index in [1.165, 1.54) is 16.3 Å². The lowest BCUT2D eigenvalue weighted by Crippen LogP contribution is -2.28. The standard InChI is InChI=1S/C16H21N.ClH/c1-4-12(2)17-13(3)15-11-7-9-14-8-5-6-10-16(14)15;/h5-13,17H,4H2,1-3H3;1H/t12?,13-;/m1./s1. The van der Waals surface area contributed by atoms with Gasteiger partial charge in [0.2, 0.25) is 0 Å². The second-order valence-corrected chi connectivity index (χ2v) is 4.77. The molecule has 0 saturated carbocycles. The summed E-state index contributed by atoms with van der Waals surface area (Å²) in [6.45, 7) is 6.70. The molecule has 0 aliphatic heterocycles. The van der Waals surface area contributed by atoms with Crippen LogP contribution in [0.4, 0.5) is 0 Å². The van der Waals surface area contributed by atoms with Gasteiger partial charge in [0.25, 0.3) is 0 Å². The van der Waals surface area contributed by atoms with Crippen molar-refractivity contribution in [1.82, 2.24) is 5.32 Å². The number of hydrogen-bond donors (Lipinski definition) is 1. The SMILES string of the molecule is CCC(C)N[C@H](C)c1cccc2ccccc12.Cl. The Hall–Kier alpha value is -1.05. The van der Waals surface area contributed by atoms with E-state index in [-0.39, 0.29) is 12.4 Å². The second kappa shape index (κ2) is 6.77. The minimum absolute atomic E-state index is 0. The number of halogens is 1. The quantitative estimate of drug-likeness (QED) is 0.842. The van der Waals surface area contributed by atoms with Crippen molar-refractivity contribution >= 4 is 23.2 Å². The molecule has 0 aliphatic carbocycles. The highest BCUT2D eigenvalue weighted by atomic mass is 35.5. The van der Waals surface area contributed by atoms with E-state index in [1.54, 1.807) is 0 Å². The van der Waals surface area contributed by atoms with Gasteiger partial charge in [0.15, 0.2) is 0 Å². The van der Waals surface area contributed by atoms with E-state index in [4.69, 9.17) is 0 Å². The molecule has 0 radical (unpaired) electrons. The van der Waals surface area contributed by atoms with Gasteiger partial charge in [-0.3, -0.25) is 0 Å². The van der Waals surface area contributed by atoms with Crippen LogP contribution in [-0.2, 0) is 0 Å². The predicted molar refractivity (Wildman–Crippen MR) is 82.5 cm³/mol. The largest absolute Gasteiger partial charge is 0.308 e. The first-order valence-corrected chi connectivity index (χ1v) is 6.46. The summed E-state index contributed by atoms with van der Waals surface area (Å²) in [6.07, 6.45) is 1.16. The molecule has 1 N–H and O–H groups in total. The third-order valence-corrected chi connectivity index (χ3v) is 3.44. The molecule has 2 heteroatoms. The Labute approximate surface area is 116 Å².